The number of fused-ring (bicyclic) bond motifs is 5. The van der Waals surface area contributed by atoms with Crippen molar-refractivity contribution in [2.45, 2.75) is 103 Å². The lowest BCUT2D eigenvalue weighted by atomic mass is 9.70. The number of carbonyl (C=O) groups excluding carboxylic acids is 1. The highest BCUT2D eigenvalue weighted by atomic mass is 16.6. The third-order valence-corrected chi connectivity index (χ3v) is 8.40. The Morgan fingerprint density at radius 2 is 1.65 bits per heavy atom. The van der Waals surface area contributed by atoms with Crippen molar-refractivity contribution in [3.63, 3.8) is 0 Å². The molecule has 3 heteroatoms. The van der Waals surface area contributed by atoms with Crippen molar-refractivity contribution in [2.75, 3.05) is 0 Å². The monoisotopic (exact) mass is 362 g/mol. The maximum atomic E-state index is 13.2. The van der Waals surface area contributed by atoms with Gasteiger partial charge in [0.25, 0.3) is 0 Å². The molecule has 0 aromatic rings. The van der Waals surface area contributed by atoms with Crippen LogP contribution in [-0.2, 0) is 14.3 Å². The number of hydrogen-bond donors (Lipinski definition) is 0. The second kappa shape index (κ2) is 7.11. The van der Waals surface area contributed by atoms with Crippen LogP contribution < -0.4 is 0 Å². The number of ether oxygens (including phenoxy) is 2. The molecule has 1 saturated heterocycles. The summed E-state index contributed by atoms with van der Waals surface area (Å²) in [4.78, 5) is 13.2. The first-order valence-electron chi connectivity index (χ1n) is 11.3. The van der Waals surface area contributed by atoms with Crippen LogP contribution in [0.4, 0.5) is 0 Å². The largest absolute Gasteiger partial charge is 0.459 e. The van der Waals surface area contributed by atoms with Gasteiger partial charge in [-0.25, -0.2) is 0 Å². The first-order chi connectivity index (χ1) is 12.5. The molecule has 3 saturated carbocycles. The molecule has 26 heavy (non-hydrogen) atoms. The highest BCUT2D eigenvalue weighted by Gasteiger charge is 2.62. The molecule has 1 aliphatic heterocycles. The first kappa shape index (κ1) is 18.8. The van der Waals surface area contributed by atoms with Crippen molar-refractivity contribution in [1.82, 2.24) is 0 Å². The number of esters is 1. The summed E-state index contributed by atoms with van der Waals surface area (Å²) < 4.78 is 12.6. The van der Waals surface area contributed by atoms with Crippen LogP contribution in [0.25, 0.3) is 0 Å². The van der Waals surface area contributed by atoms with Gasteiger partial charge in [0.1, 0.15) is 5.60 Å². The summed E-state index contributed by atoms with van der Waals surface area (Å²) >= 11 is 0. The van der Waals surface area contributed by atoms with Gasteiger partial charge in [-0.3, -0.25) is 4.79 Å². The fourth-order valence-corrected chi connectivity index (χ4v) is 7.16. The minimum atomic E-state index is -0.305. The van der Waals surface area contributed by atoms with Crippen LogP contribution in [0.5, 0.6) is 0 Å². The Bertz CT molecular complexity index is 522. The normalized spacial score (nSPS) is 42.8. The zero-order chi connectivity index (χ0) is 18.5. The van der Waals surface area contributed by atoms with Gasteiger partial charge < -0.3 is 9.47 Å². The maximum Gasteiger partial charge on any atom is 0.309 e. The topological polar surface area (TPSA) is 35.5 Å². The van der Waals surface area contributed by atoms with Crippen molar-refractivity contribution >= 4 is 5.97 Å². The molecule has 4 aliphatic rings. The lowest BCUT2D eigenvalue weighted by molar-refractivity contribution is -0.171. The van der Waals surface area contributed by atoms with Crippen molar-refractivity contribution in [3.8, 4) is 0 Å². The molecule has 3 aliphatic carbocycles. The molecule has 0 radical (unpaired) electrons. The zero-order valence-corrected chi connectivity index (χ0v) is 17.2. The highest BCUT2D eigenvalue weighted by Crippen LogP contribution is 2.62. The van der Waals surface area contributed by atoms with Gasteiger partial charge in [-0.1, -0.05) is 33.1 Å². The molecule has 4 rings (SSSR count). The average molecular weight is 363 g/mol. The van der Waals surface area contributed by atoms with Crippen molar-refractivity contribution in [3.05, 3.63) is 0 Å². The number of rotatable bonds is 5. The Balaban J connectivity index is 1.44. The first-order valence-corrected chi connectivity index (χ1v) is 11.3. The van der Waals surface area contributed by atoms with Crippen LogP contribution in [0.15, 0.2) is 0 Å². The Morgan fingerprint density at radius 1 is 1.00 bits per heavy atom. The summed E-state index contributed by atoms with van der Waals surface area (Å²) in [5.41, 5.74) is -0.305. The highest BCUT2D eigenvalue weighted by molar-refractivity contribution is 5.74. The van der Waals surface area contributed by atoms with Crippen LogP contribution in [0, 0.1) is 35.5 Å². The van der Waals surface area contributed by atoms with Crippen LogP contribution in [-0.4, -0.2) is 23.8 Å². The smallest absolute Gasteiger partial charge is 0.309 e. The van der Waals surface area contributed by atoms with Gasteiger partial charge in [0.05, 0.1) is 18.1 Å². The summed E-state index contributed by atoms with van der Waals surface area (Å²) in [6.07, 6.45) is 11.6. The molecule has 2 bridgehead atoms. The molecule has 1 heterocycles. The van der Waals surface area contributed by atoms with Gasteiger partial charge in [0.2, 0.25) is 0 Å². The van der Waals surface area contributed by atoms with E-state index in [4.69, 9.17) is 9.47 Å². The molecule has 3 nitrogen and oxygen atoms in total. The van der Waals surface area contributed by atoms with E-state index in [2.05, 4.69) is 27.7 Å². The third kappa shape index (κ3) is 3.02. The van der Waals surface area contributed by atoms with Crippen molar-refractivity contribution in [2.24, 2.45) is 35.5 Å². The average Bonchev–Trinajstić information content (AvgIpc) is 3.32. The lowest BCUT2D eigenvalue weighted by Crippen LogP contribution is -2.42. The Morgan fingerprint density at radius 3 is 2.31 bits per heavy atom. The van der Waals surface area contributed by atoms with E-state index in [1.54, 1.807) is 0 Å². The quantitative estimate of drug-likeness (QED) is 0.617. The summed E-state index contributed by atoms with van der Waals surface area (Å²) in [6, 6.07) is 0. The molecular formula is C23H38O3. The van der Waals surface area contributed by atoms with Crippen LogP contribution >= 0.6 is 0 Å². The Labute approximate surface area is 159 Å². The number of carbonyl (C=O) groups is 1. The maximum absolute atomic E-state index is 13.2. The molecular weight excluding hydrogens is 324 g/mol. The van der Waals surface area contributed by atoms with Crippen LogP contribution in [0.2, 0.25) is 0 Å². The van der Waals surface area contributed by atoms with E-state index >= 15 is 0 Å². The van der Waals surface area contributed by atoms with Gasteiger partial charge in [0.15, 0.2) is 0 Å². The molecule has 0 amide bonds. The fourth-order valence-electron chi connectivity index (χ4n) is 7.16. The van der Waals surface area contributed by atoms with E-state index in [1.807, 2.05) is 0 Å². The zero-order valence-electron chi connectivity index (χ0n) is 17.2. The minimum Gasteiger partial charge on any atom is -0.459 e. The predicted octanol–water partition coefficient (Wildman–Crippen LogP) is 5.36. The van der Waals surface area contributed by atoms with E-state index in [-0.39, 0.29) is 17.5 Å². The van der Waals surface area contributed by atoms with E-state index in [0.717, 1.165) is 19.3 Å². The summed E-state index contributed by atoms with van der Waals surface area (Å²) in [7, 11) is 0. The van der Waals surface area contributed by atoms with Crippen LogP contribution in [0.3, 0.4) is 0 Å². The lowest BCUT2D eigenvalue weighted by Gasteiger charge is -2.39. The van der Waals surface area contributed by atoms with Gasteiger partial charge in [-0.2, -0.15) is 0 Å². The molecule has 0 aromatic carbocycles. The van der Waals surface area contributed by atoms with Gasteiger partial charge >= 0.3 is 5.97 Å². The van der Waals surface area contributed by atoms with Crippen LogP contribution in [0.1, 0.15) is 85.5 Å². The molecule has 148 valence electrons. The second-order valence-corrected chi connectivity index (χ2v) is 10.0. The molecule has 0 aromatic heterocycles. The summed E-state index contributed by atoms with van der Waals surface area (Å²) in [5, 5.41) is 0. The third-order valence-electron chi connectivity index (χ3n) is 8.40. The van der Waals surface area contributed by atoms with E-state index in [9.17, 15) is 4.79 Å². The van der Waals surface area contributed by atoms with Crippen molar-refractivity contribution in [1.29, 1.82) is 0 Å². The molecule has 4 fully saturated rings. The van der Waals surface area contributed by atoms with Gasteiger partial charge in [-0.15, -0.1) is 0 Å². The molecule has 0 N–H and O–H groups in total. The SMILES string of the molecule is CCC1OC(CC)C2C3CC(CC3C(=O)OC(C)(C)C3CCCCC3)C12. The molecule has 7 atom stereocenters. The molecule has 0 spiro atoms. The number of hydrogen-bond acceptors (Lipinski definition) is 3. The summed E-state index contributed by atoms with van der Waals surface area (Å²) in [5.74, 6) is 3.24. The standard InChI is InChI=1S/C23H38O3/c1-5-18-20-14-12-16(21(20)19(6-2)25-18)17(13-14)22(24)26-23(3,4)15-10-8-7-9-11-15/h14-21H,5-13H2,1-4H3. The van der Waals surface area contributed by atoms with Gasteiger partial charge in [-0.05, 0) is 82.0 Å². The summed E-state index contributed by atoms with van der Waals surface area (Å²) in [6.45, 7) is 8.80. The predicted molar refractivity (Wildman–Crippen MR) is 103 cm³/mol. The van der Waals surface area contributed by atoms with Gasteiger partial charge in [0, 0.05) is 0 Å². The van der Waals surface area contributed by atoms with Crippen molar-refractivity contribution < 1.29 is 14.3 Å². The Kier molecular flexibility index (Phi) is 5.14. The fraction of sp³-hybridized carbons (Fsp3) is 0.957. The van der Waals surface area contributed by atoms with E-state index < -0.39 is 0 Å². The van der Waals surface area contributed by atoms with E-state index in [0.29, 0.717) is 41.8 Å². The van der Waals surface area contributed by atoms with E-state index in [1.165, 1.54) is 38.5 Å². The second-order valence-electron chi connectivity index (χ2n) is 10.0. The Hall–Kier alpha value is -0.570. The minimum absolute atomic E-state index is 0.0984. The molecule has 7 unspecified atom stereocenters.